The van der Waals surface area contributed by atoms with Crippen LogP contribution in [0.3, 0.4) is 0 Å². The van der Waals surface area contributed by atoms with Crippen molar-refractivity contribution in [2.75, 3.05) is 6.54 Å². The van der Waals surface area contributed by atoms with E-state index in [0.29, 0.717) is 24.0 Å². The van der Waals surface area contributed by atoms with Crippen molar-refractivity contribution in [3.8, 4) is 0 Å². The van der Waals surface area contributed by atoms with Gasteiger partial charge in [-0.2, -0.15) is 0 Å². The molecule has 0 aromatic carbocycles. The van der Waals surface area contributed by atoms with E-state index in [1.54, 1.807) is 6.07 Å². The van der Waals surface area contributed by atoms with Crippen LogP contribution in [0.4, 0.5) is 0 Å². The summed E-state index contributed by atoms with van der Waals surface area (Å²) in [4.78, 5) is 1.25. The summed E-state index contributed by atoms with van der Waals surface area (Å²) in [6, 6.07) is 2.01. The Hall–Kier alpha value is -0.430. The molecule has 0 saturated carbocycles. The number of sulfonamides is 1. The highest BCUT2D eigenvalue weighted by Gasteiger charge is 2.22. The summed E-state index contributed by atoms with van der Waals surface area (Å²) in [6.07, 6.45) is 0. The minimum absolute atomic E-state index is 0.0700. The van der Waals surface area contributed by atoms with Gasteiger partial charge in [0.1, 0.15) is 0 Å². The minimum Gasteiger partial charge on any atom is -0.310 e. The molecule has 1 rings (SSSR count). The first-order chi connectivity index (χ1) is 8.62. The zero-order chi connectivity index (χ0) is 14.7. The second-order valence-corrected chi connectivity index (χ2v) is 8.86. The molecule has 2 N–H and O–H groups in total. The van der Waals surface area contributed by atoms with E-state index in [4.69, 9.17) is 0 Å². The number of hydrogen-bond acceptors (Lipinski definition) is 4. The third-order valence-corrected chi connectivity index (χ3v) is 4.99. The molecule has 0 fully saturated rings. The van der Waals surface area contributed by atoms with Crippen LogP contribution in [-0.2, 0) is 16.6 Å². The average Bonchev–Trinajstić information content (AvgIpc) is 2.71. The second-order valence-electron chi connectivity index (χ2n) is 6.13. The van der Waals surface area contributed by atoms with E-state index in [1.807, 2.05) is 40.0 Å². The summed E-state index contributed by atoms with van der Waals surface area (Å²) in [5, 5.41) is 5.07. The van der Waals surface area contributed by atoms with Gasteiger partial charge in [-0.15, -0.1) is 11.3 Å². The lowest BCUT2D eigenvalue weighted by Crippen LogP contribution is -2.33. The Morgan fingerprint density at radius 3 is 2.47 bits per heavy atom. The SMILES string of the molecule is CC(C)NCc1sccc1S(=O)(=O)NCC(C)(C)C. The molecule has 19 heavy (non-hydrogen) atoms. The summed E-state index contributed by atoms with van der Waals surface area (Å²) in [5.74, 6) is 0. The van der Waals surface area contributed by atoms with Gasteiger partial charge in [-0.25, -0.2) is 13.1 Å². The molecule has 1 aromatic rings. The summed E-state index contributed by atoms with van der Waals surface area (Å²) in [6.45, 7) is 11.1. The maximum atomic E-state index is 12.3. The lowest BCUT2D eigenvalue weighted by molar-refractivity contribution is 0.407. The predicted octanol–water partition coefficient (Wildman–Crippen LogP) is 2.57. The van der Waals surface area contributed by atoms with Crippen LogP contribution in [0.2, 0.25) is 0 Å². The molecule has 110 valence electrons. The first kappa shape index (κ1) is 16.6. The molecule has 1 aromatic heterocycles. The van der Waals surface area contributed by atoms with Gasteiger partial charge in [-0.05, 0) is 16.9 Å². The molecule has 0 atom stereocenters. The van der Waals surface area contributed by atoms with Crippen molar-refractivity contribution >= 4 is 21.4 Å². The molecule has 0 radical (unpaired) electrons. The van der Waals surface area contributed by atoms with Gasteiger partial charge in [0, 0.05) is 24.0 Å². The van der Waals surface area contributed by atoms with Crippen LogP contribution in [0.5, 0.6) is 0 Å². The second kappa shape index (κ2) is 6.35. The van der Waals surface area contributed by atoms with Crippen LogP contribution in [-0.4, -0.2) is 21.0 Å². The maximum Gasteiger partial charge on any atom is 0.241 e. The van der Waals surface area contributed by atoms with E-state index >= 15 is 0 Å². The van der Waals surface area contributed by atoms with Gasteiger partial charge >= 0.3 is 0 Å². The van der Waals surface area contributed by atoms with Crippen LogP contribution < -0.4 is 10.0 Å². The fourth-order valence-corrected chi connectivity index (χ4v) is 4.06. The standard InChI is InChI=1S/C13H24N2O2S2/c1-10(2)14-8-11-12(6-7-18-11)19(16,17)15-9-13(3,4)5/h6-7,10,14-15H,8-9H2,1-5H3. The van der Waals surface area contributed by atoms with Gasteiger partial charge in [0.15, 0.2) is 0 Å². The van der Waals surface area contributed by atoms with E-state index in [0.717, 1.165) is 4.88 Å². The van der Waals surface area contributed by atoms with Gasteiger partial charge in [-0.1, -0.05) is 34.6 Å². The Labute approximate surface area is 120 Å². The van der Waals surface area contributed by atoms with Crippen molar-refractivity contribution < 1.29 is 8.42 Å². The summed E-state index contributed by atoms with van der Waals surface area (Å²) in [5.41, 5.74) is -0.0700. The largest absolute Gasteiger partial charge is 0.310 e. The molecule has 0 amide bonds. The van der Waals surface area contributed by atoms with E-state index in [9.17, 15) is 8.42 Å². The van der Waals surface area contributed by atoms with E-state index in [1.165, 1.54) is 11.3 Å². The molecule has 0 aliphatic rings. The maximum absolute atomic E-state index is 12.3. The van der Waals surface area contributed by atoms with Gasteiger partial charge < -0.3 is 5.32 Å². The topological polar surface area (TPSA) is 58.2 Å². The fourth-order valence-electron chi connectivity index (χ4n) is 1.38. The normalized spacial score (nSPS) is 13.2. The highest BCUT2D eigenvalue weighted by atomic mass is 32.2. The first-order valence-electron chi connectivity index (χ1n) is 6.41. The molecular formula is C13H24N2O2S2. The summed E-state index contributed by atoms with van der Waals surface area (Å²) in [7, 11) is -3.41. The van der Waals surface area contributed by atoms with E-state index in [2.05, 4.69) is 10.0 Å². The Balaban J connectivity index is 2.81. The van der Waals surface area contributed by atoms with Crippen molar-refractivity contribution in [3.63, 3.8) is 0 Å². The third kappa shape index (κ3) is 5.60. The van der Waals surface area contributed by atoms with Crippen LogP contribution in [0, 0.1) is 5.41 Å². The van der Waals surface area contributed by atoms with Crippen molar-refractivity contribution in [3.05, 3.63) is 16.3 Å². The average molecular weight is 304 g/mol. The fraction of sp³-hybridized carbons (Fsp3) is 0.692. The molecule has 0 unspecified atom stereocenters. The molecule has 0 aliphatic heterocycles. The monoisotopic (exact) mass is 304 g/mol. The number of thiophene rings is 1. The van der Waals surface area contributed by atoms with Gasteiger partial charge in [0.25, 0.3) is 0 Å². The molecule has 0 bridgehead atoms. The van der Waals surface area contributed by atoms with Crippen LogP contribution in [0.25, 0.3) is 0 Å². The lowest BCUT2D eigenvalue weighted by Gasteiger charge is -2.19. The van der Waals surface area contributed by atoms with Gasteiger partial charge in [0.05, 0.1) is 4.90 Å². The predicted molar refractivity (Wildman–Crippen MR) is 80.9 cm³/mol. The summed E-state index contributed by atoms with van der Waals surface area (Å²) < 4.78 is 27.2. The van der Waals surface area contributed by atoms with Crippen molar-refractivity contribution in [1.29, 1.82) is 0 Å². The molecule has 6 heteroatoms. The first-order valence-corrected chi connectivity index (χ1v) is 8.77. The Morgan fingerprint density at radius 1 is 1.32 bits per heavy atom. The van der Waals surface area contributed by atoms with E-state index in [-0.39, 0.29) is 5.41 Å². The quantitative estimate of drug-likeness (QED) is 0.849. The van der Waals surface area contributed by atoms with Crippen LogP contribution >= 0.6 is 11.3 Å². The van der Waals surface area contributed by atoms with Gasteiger partial charge in [0.2, 0.25) is 10.0 Å². The Kier molecular flexibility index (Phi) is 5.55. The van der Waals surface area contributed by atoms with Crippen LogP contribution in [0.15, 0.2) is 16.3 Å². The van der Waals surface area contributed by atoms with Crippen LogP contribution in [0.1, 0.15) is 39.5 Å². The zero-order valence-corrected chi connectivity index (χ0v) is 13.9. The molecule has 1 heterocycles. The highest BCUT2D eigenvalue weighted by Crippen LogP contribution is 2.22. The Bertz CT molecular complexity index is 499. The molecular weight excluding hydrogens is 280 g/mol. The van der Waals surface area contributed by atoms with Crippen molar-refractivity contribution in [2.45, 2.75) is 52.1 Å². The molecule has 0 saturated heterocycles. The molecule has 4 nitrogen and oxygen atoms in total. The molecule has 0 aliphatic carbocycles. The smallest absolute Gasteiger partial charge is 0.241 e. The highest BCUT2D eigenvalue weighted by molar-refractivity contribution is 7.89. The Morgan fingerprint density at radius 2 is 1.95 bits per heavy atom. The van der Waals surface area contributed by atoms with Crippen molar-refractivity contribution in [1.82, 2.24) is 10.0 Å². The van der Waals surface area contributed by atoms with E-state index < -0.39 is 10.0 Å². The molecule has 0 spiro atoms. The van der Waals surface area contributed by atoms with Crippen molar-refractivity contribution in [2.24, 2.45) is 5.41 Å². The number of rotatable bonds is 6. The number of hydrogen-bond donors (Lipinski definition) is 2. The lowest BCUT2D eigenvalue weighted by atomic mass is 9.98. The minimum atomic E-state index is -3.41. The zero-order valence-electron chi connectivity index (χ0n) is 12.3. The number of nitrogens with one attached hydrogen (secondary N) is 2. The van der Waals surface area contributed by atoms with Gasteiger partial charge in [-0.3, -0.25) is 0 Å². The summed E-state index contributed by atoms with van der Waals surface area (Å²) >= 11 is 1.47. The third-order valence-electron chi connectivity index (χ3n) is 2.46.